The van der Waals surface area contributed by atoms with Crippen molar-refractivity contribution < 1.29 is 4.74 Å². The van der Waals surface area contributed by atoms with Crippen LogP contribution in [-0.4, -0.2) is 32.0 Å². The van der Waals surface area contributed by atoms with Crippen LogP contribution in [0.4, 0.5) is 0 Å². The van der Waals surface area contributed by atoms with Crippen molar-refractivity contribution in [3.8, 4) is 0 Å². The summed E-state index contributed by atoms with van der Waals surface area (Å²) in [4.78, 5) is 3.29. The van der Waals surface area contributed by atoms with E-state index < -0.39 is 0 Å². The summed E-state index contributed by atoms with van der Waals surface area (Å²) in [6.45, 7) is 7.87. The molecule has 0 aliphatic carbocycles. The number of fused-ring (bicyclic) bond motifs is 1. The zero-order chi connectivity index (χ0) is 12.9. The van der Waals surface area contributed by atoms with Crippen LogP contribution in [0, 0.1) is 11.7 Å². The average Bonchev–Trinajstić information content (AvgIpc) is 2.96. The second-order valence-corrected chi connectivity index (χ2v) is 5.22. The van der Waals surface area contributed by atoms with Gasteiger partial charge in [0, 0.05) is 13.2 Å². The van der Waals surface area contributed by atoms with Gasteiger partial charge in [0.2, 0.25) is 0 Å². The monoisotopic (exact) mass is 266 g/mol. The normalized spacial score (nSPS) is 24.2. The Bertz CT molecular complexity index is 638. The Morgan fingerprint density at radius 1 is 1.56 bits per heavy atom. The summed E-state index contributed by atoms with van der Waals surface area (Å²) in [5, 5.41) is 4.54. The van der Waals surface area contributed by atoms with Crippen LogP contribution in [0.5, 0.6) is 0 Å². The predicted octanol–water partition coefficient (Wildman–Crippen LogP) is 2.57. The zero-order valence-corrected chi connectivity index (χ0v) is 11.8. The molecule has 5 nitrogen and oxygen atoms in total. The molecule has 2 aromatic rings. The highest BCUT2D eigenvalue weighted by atomic mass is 32.1. The Balaban J connectivity index is 2.27. The summed E-state index contributed by atoms with van der Waals surface area (Å²) in [5.41, 5.74) is 3.16. The second-order valence-electron chi connectivity index (χ2n) is 4.83. The highest BCUT2D eigenvalue weighted by Crippen LogP contribution is 2.30. The first-order valence-corrected chi connectivity index (χ1v) is 6.83. The van der Waals surface area contributed by atoms with Crippen molar-refractivity contribution in [2.45, 2.75) is 45.9 Å². The fourth-order valence-corrected chi connectivity index (χ4v) is 3.14. The van der Waals surface area contributed by atoms with Gasteiger partial charge >= 0.3 is 0 Å². The molecule has 0 amide bonds. The summed E-state index contributed by atoms with van der Waals surface area (Å²) >= 11 is 5.47. The number of hydrogen-bond donors (Lipinski definition) is 1. The molecule has 0 bridgehead atoms. The number of H-pyrrole nitrogens is 1. The van der Waals surface area contributed by atoms with Crippen LogP contribution in [0.25, 0.3) is 11.2 Å². The van der Waals surface area contributed by atoms with E-state index in [4.69, 9.17) is 17.0 Å². The lowest BCUT2D eigenvalue weighted by Crippen LogP contribution is -2.18. The lowest BCUT2D eigenvalue weighted by atomic mass is 10.1. The number of imidazole rings is 1. The maximum atomic E-state index is 5.66. The van der Waals surface area contributed by atoms with Crippen molar-refractivity contribution in [2.24, 2.45) is 0 Å². The van der Waals surface area contributed by atoms with E-state index in [1.165, 1.54) is 0 Å². The minimum absolute atomic E-state index is 0.205. The highest BCUT2D eigenvalue weighted by Gasteiger charge is 2.29. The van der Waals surface area contributed by atoms with Gasteiger partial charge in [0.15, 0.2) is 10.4 Å². The number of aromatic nitrogens is 4. The number of rotatable bonds is 2. The Kier molecular flexibility index (Phi) is 2.79. The molecule has 1 fully saturated rings. The van der Waals surface area contributed by atoms with E-state index in [0.29, 0.717) is 6.04 Å². The third-order valence-corrected chi connectivity index (χ3v) is 4.05. The molecule has 0 spiro atoms. The molecule has 0 saturated carbocycles. The molecule has 18 heavy (non-hydrogen) atoms. The molecule has 98 valence electrons. The summed E-state index contributed by atoms with van der Waals surface area (Å²) in [7, 11) is 0. The zero-order valence-electron chi connectivity index (χ0n) is 10.9. The van der Waals surface area contributed by atoms with Crippen molar-refractivity contribution in [3.63, 3.8) is 0 Å². The van der Waals surface area contributed by atoms with Gasteiger partial charge in [-0.1, -0.05) is 0 Å². The quantitative estimate of drug-likeness (QED) is 0.850. The standard InChI is InChI=1S/C12H18N4OS/c1-4-15-11-10(7(2)14-15)13-12(18)16(11)9-5-6-17-8(9)3/h8-9H,4-6H2,1-3H3,(H,13,18). The van der Waals surface area contributed by atoms with Crippen molar-refractivity contribution in [1.82, 2.24) is 19.3 Å². The molecular formula is C12H18N4OS. The van der Waals surface area contributed by atoms with Gasteiger partial charge in [-0.05, 0) is 39.4 Å². The molecule has 1 saturated heterocycles. The second kappa shape index (κ2) is 4.20. The molecule has 6 heteroatoms. The topological polar surface area (TPSA) is 47.8 Å². The SMILES string of the molecule is CCn1nc(C)c2[nH]c(=S)n(C3CCOC3C)c21. The number of ether oxygens (including phenoxy) is 1. The first kappa shape index (κ1) is 11.9. The molecule has 0 radical (unpaired) electrons. The largest absolute Gasteiger partial charge is 0.376 e. The lowest BCUT2D eigenvalue weighted by Gasteiger charge is -2.17. The molecule has 2 atom stereocenters. The summed E-state index contributed by atoms with van der Waals surface area (Å²) in [6.07, 6.45) is 1.22. The van der Waals surface area contributed by atoms with Crippen LogP contribution in [0.2, 0.25) is 0 Å². The lowest BCUT2D eigenvalue weighted by molar-refractivity contribution is 0.108. The Labute approximate surface area is 111 Å². The molecule has 1 aliphatic heterocycles. The van der Waals surface area contributed by atoms with E-state index in [9.17, 15) is 0 Å². The van der Waals surface area contributed by atoms with Crippen LogP contribution < -0.4 is 0 Å². The van der Waals surface area contributed by atoms with Crippen molar-refractivity contribution in [3.05, 3.63) is 10.5 Å². The summed E-state index contributed by atoms with van der Waals surface area (Å²) in [6, 6.07) is 0.313. The van der Waals surface area contributed by atoms with Gasteiger partial charge in [-0.15, -0.1) is 0 Å². The molecule has 1 aliphatic rings. The maximum absolute atomic E-state index is 5.66. The van der Waals surface area contributed by atoms with Crippen molar-refractivity contribution in [1.29, 1.82) is 0 Å². The smallest absolute Gasteiger partial charge is 0.179 e. The molecule has 3 rings (SSSR count). The van der Waals surface area contributed by atoms with Gasteiger partial charge in [0.25, 0.3) is 0 Å². The third-order valence-electron chi connectivity index (χ3n) is 3.75. The van der Waals surface area contributed by atoms with Crippen LogP contribution in [0.15, 0.2) is 0 Å². The van der Waals surface area contributed by atoms with E-state index in [1.54, 1.807) is 0 Å². The van der Waals surface area contributed by atoms with Gasteiger partial charge in [0.05, 0.1) is 17.8 Å². The van der Waals surface area contributed by atoms with Crippen LogP contribution in [0.3, 0.4) is 0 Å². The first-order valence-electron chi connectivity index (χ1n) is 6.42. The van der Waals surface area contributed by atoms with Crippen molar-refractivity contribution >= 4 is 23.4 Å². The van der Waals surface area contributed by atoms with E-state index in [-0.39, 0.29) is 6.10 Å². The van der Waals surface area contributed by atoms with E-state index >= 15 is 0 Å². The van der Waals surface area contributed by atoms with Gasteiger partial charge in [-0.3, -0.25) is 4.57 Å². The molecular weight excluding hydrogens is 248 g/mol. The van der Waals surface area contributed by atoms with Gasteiger partial charge in [-0.25, -0.2) is 4.68 Å². The third kappa shape index (κ3) is 1.55. The molecule has 3 heterocycles. The van der Waals surface area contributed by atoms with E-state index in [2.05, 4.69) is 28.5 Å². The highest BCUT2D eigenvalue weighted by molar-refractivity contribution is 7.71. The number of nitrogens with zero attached hydrogens (tertiary/aromatic N) is 3. The Morgan fingerprint density at radius 3 is 2.94 bits per heavy atom. The fourth-order valence-electron chi connectivity index (χ4n) is 2.81. The predicted molar refractivity (Wildman–Crippen MR) is 72.4 cm³/mol. The van der Waals surface area contributed by atoms with Crippen LogP contribution in [-0.2, 0) is 11.3 Å². The summed E-state index contributed by atoms with van der Waals surface area (Å²) in [5.74, 6) is 0. The molecule has 0 aromatic carbocycles. The fraction of sp³-hybridized carbons (Fsp3) is 0.667. The van der Waals surface area contributed by atoms with Gasteiger partial charge in [-0.2, -0.15) is 5.10 Å². The summed E-state index contributed by atoms with van der Waals surface area (Å²) < 4.78 is 10.6. The minimum Gasteiger partial charge on any atom is -0.376 e. The Morgan fingerprint density at radius 2 is 2.33 bits per heavy atom. The molecule has 2 aromatic heterocycles. The first-order chi connectivity index (χ1) is 8.63. The molecule has 2 unspecified atom stereocenters. The number of hydrogen-bond acceptors (Lipinski definition) is 3. The minimum atomic E-state index is 0.205. The van der Waals surface area contributed by atoms with Crippen LogP contribution >= 0.6 is 12.2 Å². The van der Waals surface area contributed by atoms with Crippen molar-refractivity contribution in [2.75, 3.05) is 6.61 Å². The van der Waals surface area contributed by atoms with E-state index in [0.717, 1.165) is 41.2 Å². The Hall–Kier alpha value is -1.14. The van der Waals surface area contributed by atoms with Crippen LogP contribution in [0.1, 0.15) is 32.0 Å². The number of aromatic amines is 1. The number of nitrogens with one attached hydrogen (secondary N) is 1. The van der Waals surface area contributed by atoms with E-state index in [1.807, 2.05) is 11.6 Å². The van der Waals surface area contributed by atoms with Gasteiger partial charge < -0.3 is 9.72 Å². The maximum Gasteiger partial charge on any atom is 0.179 e. The average molecular weight is 266 g/mol. The van der Waals surface area contributed by atoms with Gasteiger partial charge in [0.1, 0.15) is 5.52 Å². The molecule has 1 N–H and O–H groups in total. The number of aryl methyl sites for hydroxylation is 2.